The summed E-state index contributed by atoms with van der Waals surface area (Å²) in [6, 6.07) is 11.0. The topological polar surface area (TPSA) is 77.0 Å². The van der Waals surface area contributed by atoms with E-state index in [0.717, 1.165) is 33.9 Å². The summed E-state index contributed by atoms with van der Waals surface area (Å²) in [5.41, 5.74) is 9.11. The molecule has 1 aliphatic rings. The lowest BCUT2D eigenvalue weighted by Gasteiger charge is -2.06. The van der Waals surface area contributed by atoms with Crippen LogP contribution >= 0.6 is 0 Å². The minimum Gasteiger partial charge on any atom is -0.462 e. The number of hydrogen-bond acceptors (Lipinski definition) is 5. The smallest absolute Gasteiger partial charge is 0.338 e. The fourth-order valence-electron chi connectivity index (χ4n) is 2.42. The van der Waals surface area contributed by atoms with E-state index in [-0.39, 0.29) is 12.1 Å². The summed E-state index contributed by atoms with van der Waals surface area (Å²) in [4.78, 5) is 21.0. The van der Waals surface area contributed by atoms with Gasteiger partial charge in [0.1, 0.15) is 0 Å². The highest BCUT2D eigenvalue weighted by Gasteiger charge is 2.14. The first-order valence-electron chi connectivity index (χ1n) is 7.67. The van der Waals surface area contributed by atoms with Crippen LogP contribution in [-0.4, -0.2) is 12.6 Å². The summed E-state index contributed by atoms with van der Waals surface area (Å²) < 4.78 is 5.12. The maximum atomic E-state index is 11.8. The number of hydrogen-bond donors (Lipinski definition) is 1. The third-order valence-corrected chi connectivity index (χ3v) is 3.77. The Bertz CT molecular complexity index is 816. The molecule has 1 heterocycles. The minimum absolute atomic E-state index is 0.285. The number of rotatable bonds is 4. The Balaban J connectivity index is 1.84. The summed E-state index contributed by atoms with van der Waals surface area (Å²) >= 11 is 0. The van der Waals surface area contributed by atoms with Crippen LogP contribution < -0.4 is 16.4 Å². The summed E-state index contributed by atoms with van der Waals surface area (Å²) in [5.74, 6) is -0.301. The molecule has 2 N–H and O–H groups in total. The molecule has 0 aliphatic carbocycles. The number of nitrogens with zero attached hydrogens (tertiary/aromatic N) is 2. The molecule has 118 valence electrons. The number of benzene rings is 2. The van der Waals surface area contributed by atoms with Crippen LogP contribution in [0.4, 0.5) is 5.69 Å². The average molecular weight is 309 g/mol. The summed E-state index contributed by atoms with van der Waals surface area (Å²) in [5, 5.41) is 1.66. The molecular formula is C18H19N3O2. The molecule has 0 radical (unpaired) electrons. The van der Waals surface area contributed by atoms with Gasteiger partial charge in [0, 0.05) is 5.69 Å². The number of anilines is 1. The van der Waals surface area contributed by atoms with Gasteiger partial charge < -0.3 is 10.5 Å². The van der Waals surface area contributed by atoms with E-state index in [9.17, 15) is 4.79 Å². The second kappa shape index (κ2) is 6.20. The molecule has 0 spiro atoms. The van der Waals surface area contributed by atoms with Gasteiger partial charge in [0.05, 0.1) is 22.9 Å². The number of ether oxygens (including phenoxy) is 1. The normalized spacial score (nSPS) is 15.5. The Kier molecular flexibility index (Phi) is 4.10. The van der Waals surface area contributed by atoms with Gasteiger partial charge in [-0.1, -0.05) is 19.1 Å². The van der Waals surface area contributed by atoms with Gasteiger partial charge in [-0.15, -0.1) is 0 Å². The van der Waals surface area contributed by atoms with E-state index in [2.05, 4.69) is 9.98 Å². The van der Waals surface area contributed by atoms with Crippen molar-refractivity contribution in [3.8, 4) is 0 Å². The molecule has 0 saturated heterocycles. The fourth-order valence-corrected chi connectivity index (χ4v) is 2.42. The quantitative estimate of drug-likeness (QED) is 0.694. The Morgan fingerprint density at radius 1 is 1.17 bits per heavy atom. The maximum absolute atomic E-state index is 11.8. The Hall–Kier alpha value is -2.69. The molecule has 0 amide bonds. The number of carbonyl (C=O) groups is 1. The zero-order valence-electron chi connectivity index (χ0n) is 13.2. The molecule has 2 aromatic rings. The first kappa shape index (κ1) is 15.2. The molecule has 3 rings (SSSR count). The zero-order valence-corrected chi connectivity index (χ0v) is 13.2. The molecule has 0 aromatic heterocycles. The van der Waals surface area contributed by atoms with Crippen LogP contribution in [0, 0.1) is 6.92 Å². The molecule has 1 aliphatic heterocycles. The molecule has 0 unspecified atom stereocenters. The fraction of sp³-hybridized carbons (Fsp3) is 0.278. The lowest BCUT2D eigenvalue weighted by Crippen LogP contribution is -2.22. The van der Waals surface area contributed by atoms with E-state index in [4.69, 9.17) is 10.5 Å². The first-order valence-corrected chi connectivity index (χ1v) is 7.67. The molecular weight excluding hydrogens is 290 g/mol. The van der Waals surface area contributed by atoms with Crippen LogP contribution in [0.15, 0.2) is 46.4 Å². The lowest BCUT2D eigenvalue weighted by molar-refractivity contribution is 0.0505. The van der Waals surface area contributed by atoms with Crippen LogP contribution in [0.25, 0.3) is 0 Å². The van der Waals surface area contributed by atoms with Crippen molar-refractivity contribution in [3.05, 3.63) is 63.8 Å². The van der Waals surface area contributed by atoms with Crippen molar-refractivity contribution in [2.75, 3.05) is 12.3 Å². The van der Waals surface area contributed by atoms with Crippen molar-refractivity contribution < 1.29 is 9.53 Å². The molecule has 1 atom stereocenters. The molecule has 0 saturated carbocycles. The van der Waals surface area contributed by atoms with Crippen molar-refractivity contribution >= 4 is 11.7 Å². The Morgan fingerprint density at radius 2 is 1.83 bits per heavy atom. The lowest BCUT2D eigenvalue weighted by atomic mass is 10.1. The van der Waals surface area contributed by atoms with Crippen LogP contribution in [0.5, 0.6) is 0 Å². The van der Waals surface area contributed by atoms with Crippen LogP contribution in [0.3, 0.4) is 0 Å². The predicted molar refractivity (Wildman–Crippen MR) is 87.7 cm³/mol. The number of carbonyl (C=O) groups excluding carboxylic acids is 1. The second-order valence-corrected chi connectivity index (χ2v) is 5.59. The van der Waals surface area contributed by atoms with Crippen molar-refractivity contribution in [2.45, 2.75) is 26.4 Å². The first-order chi connectivity index (χ1) is 11.1. The zero-order chi connectivity index (χ0) is 16.4. The van der Waals surface area contributed by atoms with Crippen LogP contribution in [0.1, 0.15) is 41.0 Å². The predicted octanol–water partition coefficient (Wildman–Crippen LogP) is 2.10. The van der Waals surface area contributed by atoms with Crippen molar-refractivity contribution in [3.63, 3.8) is 0 Å². The molecule has 5 nitrogen and oxygen atoms in total. The standard InChI is InChI=1S/C18H19N3O2/c1-3-8-23-18(22)13-6-4-12(5-7-13)17-20-15-9-11(2)14(19)10-16(15)21-17/h4-7,9-10,17H,3,8,19H2,1-2H3/t17-/m1/s1. The van der Waals surface area contributed by atoms with Gasteiger partial charge in [-0.3, -0.25) is 9.98 Å². The number of nitrogens with two attached hydrogens (primary N) is 1. The molecule has 0 fully saturated rings. The minimum atomic E-state index is -0.301. The summed E-state index contributed by atoms with van der Waals surface area (Å²) in [6.45, 7) is 4.35. The van der Waals surface area contributed by atoms with E-state index in [1.165, 1.54) is 0 Å². The van der Waals surface area contributed by atoms with Gasteiger partial charge >= 0.3 is 5.97 Å². The summed E-state index contributed by atoms with van der Waals surface area (Å²) in [7, 11) is 0. The average Bonchev–Trinajstić information content (AvgIpc) is 2.96. The van der Waals surface area contributed by atoms with Crippen molar-refractivity contribution in [1.29, 1.82) is 0 Å². The monoisotopic (exact) mass is 309 g/mol. The van der Waals surface area contributed by atoms with Crippen molar-refractivity contribution in [2.24, 2.45) is 9.98 Å². The number of aryl methyl sites for hydroxylation is 1. The number of nitrogen functional groups attached to an aromatic ring is 1. The van der Waals surface area contributed by atoms with Crippen LogP contribution in [0.2, 0.25) is 0 Å². The summed E-state index contributed by atoms with van der Waals surface area (Å²) in [6.07, 6.45) is 0.525. The molecule has 0 bridgehead atoms. The van der Waals surface area contributed by atoms with Gasteiger partial charge in [0.2, 0.25) is 0 Å². The number of fused-ring (bicyclic) bond motifs is 1. The highest BCUT2D eigenvalue weighted by Crippen LogP contribution is 2.20. The SMILES string of the molecule is CCCOC(=O)c1ccc([C@@H]2N=c3cc(C)c(N)cc3=N2)cc1. The Morgan fingerprint density at radius 3 is 2.48 bits per heavy atom. The third-order valence-electron chi connectivity index (χ3n) is 3.77. The van der Waals surface area contributed by atoms with E-state index < -0.39 is 0 Å². The highest BCUT2D eigenvalue weighted by atomic mass is 16.5. The van der Waals surface area contributed by atoms with E-state index in [1.54, 1.807) is 12.1 Å². The van der Waals surface area contributed by atoms with Crippen molar-refractivity contribution in [1.82, 2.24) is 0 Å². The number of esters is 1. The highest BCUT2D eigenvalue weighted by molar-refractivity contribution is 5.89. The molecule has 2 aromatic carbocycles. The van der Waals surface area contributed by atoms with Gasteiger partial charge in [0.15, 0.2) is 6.17 Å². The van der Waals surface area contributed by atoms with E-state index >= 15 is 0 Å². The third kappa shape index (κ3) is 3.08. The largest absolute Gasteiger partial charge is 0.462 e. The van der Waals surface area contributed by atoms with Crippen LogP contribution in [-0.2, 0) is 4.74 Å². The molecule has 23 heavy (non-hydrogen) atoms. The van der Waals surface area contributed by atoms with Gasteiger partial charge in [-0.2, -0.15) is 0 Å². The second-order valence-electron chi connectivity index (χ2n) is 5.59. The van der Waals surface area contributed by atoms with Gasteiger partial charge in [0.25, 0.3) is 0 Å². The Labute approximate surface area is 134 Å². The maximum Gasteiger partial charge on any atom is 0.338 e. The van der Waals surface area contributed by atoms with Gasteiger partial charge in [-0.25, -0.2) is 4.79 Å². The van der Waals surface area contributed by atoms with E-state index in [0.29, 0.717) is 12.2 Å². The molecule has 5 heteroatoms. The van der Waals surface area contributed by atoms with Gasteiger partial charge in [-0.05, 0) is 48.7 Å². The van der Waals surface area contributed by atoms with E-state index in [1.807, 2.05) is 38.1 Å².